The molecule has 5 rings (SSSR count). The molecule has 3 aliphatic rings. The molecule has 3 atom stereocenters. The second kappa shape index (κ2) is 5.47. The summed E-state index contributed by atoms with van der Waals surface area (Å²) in [4.78, 5) is 18.8. The highest BCUT2D eigenvalue weighted by atomic mass is 32.1. The van der Waals surface area contributed by atoms with Crippen LogP contribution in [0.4, 0.5) is 9.93 Å². The van der Waals surface area contributed by atoms with E-state index in [-0.39, 0.29) is 18.1 Å². The SMILES string of the molecule is N#CC1CC2C(CO1)NC(=O)N2c1nc2c3c(ccc2s1)OCCO3. The number of carbonyl (C=O) groups excluding carboxylic acids is 1. The molecule has 2 amide bonds. The monoisotopic (exact) mass is 358 g/mol. The van der Waals surface area contributed by atoms with Gasteiger partial charge in [0, 0.05) is 6.42 Å². The molecule has 0 aliphatic carbocycles. The van der Waals surface area contributed by atoms with Crippen LogP contribution < -0.4 is 19.7 Å². The van der Waals surface area contributed by atoms with Crippen molar-refractivity contribution in [1.82, 2.24) is 10.3 Å². The fourth-order valence-corrected chi connectivity index (χ4v) is 4.52. The van der Waals surface area contributed by atoms with Gasteiger partial charge >= 0.3 is 6.03 Å². The summed E-state index contributed by atoms with van der Waals surface area (Å²) >= 11 is 1.43. The van der Waals surface area contributed by atoms with E-state index in [0.29, 0.717) is 48.4 Å². The summed E-state index contributed by atoms with van der Waals surface area (Å²) in [6.45, 7) is 1.33. The average Bonchev–Trinajstić information content (AvgIpc) is 3.20. The molecule has 1 aromatic heterocycles. The van der Waals surface area contributed by atoms with Gasteiger partial charge in [0.1, 0.15) is 24.8 Å². The van der Waals surface area contributed by atoms with E-state index in [1.807, 2.05) is 12.1 Å². The van der Waals surface area contributed by atoms with E-state index < -0.39 is 6.10 Å². The summed E-state index contributed by atoms with van der Waals surface area (Å²) in [7, 11) is 0. The molecule has 8 nitrogen and oxygen atoms in total. The zero-order valence-corrected chi connectivity index (χ0v) is 13.9. The first-order valence-electron chi connectivity index (χ1n) is 8.04. The van der Waals surface area contributed by atoms with Crippen molar-refractivity contribution in [2.45, 2.75) is 24.6 Å². The van der Waals surface area contributed by atoms with Gasteiger partial charge in [0.15, 0.2) is 16.6 Å². The van der Waals surface area contributed by atoms with Crippen molar-refractivity contribution in [3.63, 3.8) is 0 Å². The van der Waals surface area contributed by atoms with Crippen LogP contribution in [0.1, 0.15) is 6.42 Å². The number of fused-ring (bicyclic) bond motifs is 4. The van der Waals surface area contributed by atoms with Crippen molar-refractivity contribution in [3.05, 3.63) is 12.1 Å². The normalized spacial score (nSPS) is 27.7. The maximum absolute atomic E-state index is 12.5. The zero-order chi connectivity index (χ0) is 17.0. The Hall–Kier alpha value is -2.57. The highest BCUT2D eigenvalue weighted by Crippen LogP contribution is 2.42. The third kappa shape index (κ3) is 2.22. The molecule has 0 spiro atoms. The molecule has 1 aromatic carbocycles. The molecular formula is C16H14N4O4S. The third-order valence-corrected chi connectivity index (χ3v) is 5.68. The number of benzene rings is 1. The first kappa shape index (κ1) is 14.7. The van der Waals surface area contributed by atoms with E-state index in [9.17, 15) is 4.79 Å². The summed E-state index contributed by atoms with van der Waals surface area (Å²) < 4.78 is 17.7. The van der Waals surface area contributed by atoms with E-state index >= 15 is 0 Å². The molecule has 128 valence electrons. The lowest BCUT2D eigenvalue weighted by atomic mass is 10.00. The Morgan fingerprint density at radius 2 is 2.24 bits per heavy atom. The van der Waals surface area contributed by atoms with Gasteiger partial charge < -0.3 is 19.5 Å². The van der Waals surface area contributed by atoms with Gasteiger partial charge in [-0.15, -0.1) is 0 Å². The summed E-state index contributed by atoms with van der Waals surface area (Å²) in [6, 6.07) is 5.45. The Bertz CT molecular complexity index is 907. The predicted molar refractivity (Wildman–Crippen MR) is 89.2 cm³/mol. The first-order chi connectivity index (χ1) is 12.2. The summed E-state index contributed by atoms with van der Waals surface area (Å²) in [6.07, 6.45) is -0.0385. The van der Waals surface area contributed by atoms with Crippen LogP contribution in [-0.4, -0.2) is 49.0 Å². The van der Waals surface area contributed by atoms with Gasteiger partial charge in [0.2, 0.25) is 0 Å². The molecule has 0 radical (unpaired) electrons. The maximum Gasteiger partial charge on any atom is 0.324 e. The van der Waals surface area contributed by atoms with Crippen molar-refractivity contribution >= 4 is 32.7 Å². The minimum Gasteiger partial charge on any atom is -0.486 e. The first-order valence-corrected chi connectivity index (χ1v) is 8.86. The van der Waals surface area contributed by atoms with Crippen LogP contribution in [0, 0.1) is 11.3 Å². The van der Waals surface area contributed by atoms with Crippen LogP contribution in [0.25, 0.3) is 10.2 Å². The topological polar surface area (TPSA) is 96.7 Å². The van der Waals surface area contributed by atoms with Crippen LogP contribution in [0.2, 0.25) is 0 Å². The molecule has 1 N–H and O–H groups in total. The van der Waals surface area contributed by atoms with E-state index in [4.69, 9.17) is 19.5 Å². The van der Waals surface area contributed by atoms with Crippen LogP contribution in [0.5, 0.6) is 11.5 Å². The molecule has 4 heterocycles. The second-order valence-electron chi connectivity index (χ2n) is 6.11. The standard InChI is InChI=1S/C16H14N4O4S/c17-6-8-5-10-9(7-24-8)18-15(21)20(10)16-19-13-12(25-16)2-1-11-14(13)23-4-3-22-11/h1-2,8-10H,3-5,7H2,(H,18,21). The average molecular weight is 358 g/mol. The number of nitrogens with zero attached hydrogens (tertiary/aromatic N) is 3. The van der Waals surface area contributed by atoms with Crippen LogP contribution in [0.3, 0.4) is 0 Å². The van der Waals surface area contributed by atoms with Crippen molar-refractivity contribution in [2.24, 2.45) is 0 Å². The summed E-state index contributed by atoms with van der Waals surface area (Å²) in [5.74, 6) is 1.30. The molecule has 3 aliphatic heterocycles. The number of aromatic nitrogens is 1. The number of urea groups is 1. The smallest absolute Gasteiger partial charge is 0.324 e. The fourth-order valence-electron chi connectivity index (χ4n) is 3.49. The van der Waals surface area contributed by atoms with Crippen molar-refractivity contribution in [3.8, 4) is 17.6 Å². The molecule has 2 saturated heterocycles. The van der Waals surface area contributed by atoms with Gasteiger partial charge in [-0.25, -0.2) is 9.78 Å². The van der Waals surface area contributed by atoms with Gasteiger partial charge in [-0.2, -0.15) is 5.26 Å². The van der Waals surface area contributed by atoms with Crippen molar-refractivity contribution in [2.75, 3.05) is 24.7 Å². The highest BCUT2D eigenvalue weighted by Gasteiger charge is 2.46. The molecule has 9 heteroatoms. The third-order valence-electron chi connectivity index (χ3n) is 4.66. The van der Waals surface area contributed by atoms with E-state index in [1.54, 1.807) is 4.90 Å². The number of nitrogens with one attached hydrogen (secondary N) is 1. The Morgan fingerprint density at radius 3 is 3.12 bits per heavy atom. The number of rotatable bonds is 1. The summed E-state index contributed by atoms with van der Waals surface area (Å²) in [5.41, 5.74) is 0.706. The van der Waals surface area contributed by atoms with Gasteiger partial charge in [-0.1, -0.05) is 11.3 Å². The number of amides is 2. The van der Waals surface area contributed by atoms with Gasteiger partial charge in [-0.05, 0) is 12.1 Å². The molecular weight excluding hydrogens is 344 g/mol. The van der Waals surface area contributed by atoms with E-state index in [0.717, 1.165) is 4.70 Å². The molecule has 2 aromatic rings. The number of thiazole rings is 1. The van der Waals surface area contributed by atoms with Crippen LogP contribution in [0.15, 0.2) is 12.1 Å². The molecule has 0 saturated carbocycles. The minimum atomic E-state index is -0.504. The molecule has 2 fully saturated rings. The number of anilines is 1. The molecule has 25 heavy (non-hydrogen) atoms. The lowest BCUT2D eigenvalue weighted by Gasteiger charge is -2.30. The predicted octanol–water partition coefficient (Wildman–Crippen LogP) is 1.65. The number of hydrogen-bond donors (Lipinski definition) is 1. The van der Waals surface area contributed by atoms with Gasteiger partial charge in [0.05, 0.1) is 29.5 Å². The zero-order valence-electron chi connectivity index (χ0n) is 13.1. The van der Waals surface area contributed by atoms with Crippen molar-refractivity contribution < 1.29 is 19.0 Å². The highest BCUT2D eigenvalue weighted by molar-refractivity contribution is 7.22. The van der Waals surface area contributed by atoms with Crippen molar-refractivity contribution in [1.29, 1.82) is 5.26 Å². The number of carbonyl (C=O) groups is 1. The number of nitriles is 1. The van der Waals surface area contributed by atoms with Crippen LogP contribution in [-0.2, 0) is 4.74 Å². The van der Waals surface area contributed by atoms with Gasteiger partial charge in [0.25, 0.3) is 0 Å². The Morgan fingerprint density at radius 1 is 1.36 bits per heavy atom. The second-order valence-corrected chi connectivity index (χ2v) is 7.12. The Labute approximate surface area is 146 Å². The molecule has 0 bridgehead atoms. The fraction of sp³-hybridized carbons (Fsp3) is 0.438. The van der Waals surface area contributed by atoms with E-state index in [1.165, 1.54) is 11.3 Å². The lowest BCUT2D eigenvalue weighted by molar-refractivity contribution is 0.0299. The number of hydrogen-bond acceptors (Lipinski definition) is 7. The summed E-state index contributed by atoms with van der Waals surface area (Å²) in [5, 5.41) is 12.7. The maximum atomic E-state index is 12.5. The Kier molecular flexibility index (Phi) is 3.23. The van der Waals surface area contributed by atoms with Crippen LogP contribution >= 0.6 is 11.3 Å². The minimum absolute atomic E-state index is 0.127. The largest absolute Gasteiger partial charge is 0.486 e. The Balaban J connectivity index is 1.56. The number of ether oxygens (including phenoxy) is 3. The lowest BCUT2D eigenvalue weighted by Crippen LogP contribution is -2.47. The molecule has 3 unspecified atom stereocenters. The van der Waals surface area contributed by atoms with Gasteiger partial charge in [-0.3, -0.25) is 4.90 Å². The van der Waals surface area contributed by atoms with E-state index in [2.05, 4.69) is 16.4 Å². The quantitative estimate of drug-likeness (QED) is 0.832.